The molecule has 0 aliphatic carbocycles. The summed E-state index contributed by atoms with van der Waals surface area (Å²) >= 11 is 9.16. The first-order chi connectivity index (χ1) is 9.10. The number of hydrogen-bond acceptors (Lipinski definition) is 3. The van der Waals surface area contributed by atoms with Crippen LogP contribution in [-0.2, 0) is 0 Å². The Labute approximate surface area is 123 Å². The number of nitrogens with one attached hydrogen (secondary N) is 1. The summed E-state index contributed by atoms with van der Waals surface area (Å²) in [7, 11) is 1.52. The van der Waals surface area contributed by atoms with Crippen LogP contribution in [0, 0.1) is 0 Å². The summed E-state index contributed by atoms with van der Waals surface area (Å²) in [4.78, 5) is 16.0. The van der Waals surface area contributed by atoms with Crippen molar-refractivity contribution >= 4 is 39.1 Å². The van der Waals surface area contributed by atoms with Crippen LogP contribution in [-0.4, -0.2) is 18.0 Å². The molecule has 4 nitrogen and oxygen atoms in total. The molecule has 2 rings (SSSR count). The third-order valence-corrected chi connectivity index (χ3v) is 3.07. The Balaban J connectivity index is 2.23. The molecule has 0 aliphatic rings. The van der Waals surface area contributed by atoms with Crippen LogP contribution in [0.1, 0.15) is 10.5 Å². The van der Waals surface area contributed by atoms with Crippen LogP contribution in [0.25, 0.3) is 0 Å². The zero-order chi connectivity index (χ0) is 13.8. The van der Waals surface area contributed by atoms with Crippen molar-refractivity contribution in [3.63, 3.8) is 0 Å². The summed E-state index contributed by atoms with van der Waals surface area (Å²) in [6, 6.07) is 8.37. The number of rotatable bonds is 3. The van der Waals surface area contributed by atoms with Gasteiger partial charge in [-0.25, -0.2) is 4.98 Å². The maximum Gasteiger partial charge on any atom is 0.274 e. The van der Waals surface area contributed by atoms with Crippen LogP contribution >= 0.6 is 27.5 Å². The van der Waals surface area contributed by atoms with Gasteiger partial charge in [-0.1, -0.05) is 11.6 Å². The van der Waals surface area contributed by atoms with E-state index in [1.165, 1.54) is 7.11 Å². The minimum absolute atomic E-state index is 0.310. The first-order valence-corrected chi connectivity index (χ1v) is 6.53. The Morgan fingerprint density at radius 3 is 2.79 bits per heavy atom. The fourth-order valence-electron chi connectivity index (χ4n) is 1.47. The number of methoxy groups -OCH3 is 1. The molecule has 1 aromatic heterocycles. The maximum absolute atomic E-state index is 12.0. The van der Waals surface area contributed by atoms with Crippen molar-refractivity contribution in [1.82, 2.24) is 4.98 Å². The van der Waals surface area contributed by atoms with Crippen molar-refractivity contribution in [3.05, 3.63) is 51.7 Å². The highest BCUT2D eigenvalue weighted by Crippen LogP contribution is 2.28. The third-order valence-electron chi connectivity index (χ3n) is 2.37. The molecular formula is C13H10BrClN2O2. The lowest BCUT2D eigenvalue weighted by molar-refractivity contribution is 0.102. The van der Waals surface area contributed by atoms with Crippen LogP contribution in [0.5, 0.6) is 5.75 Å². The minimum atomic E-state index is -0.326. The highest BCUT2D eigenvalue weighted by molar-refractivity contribution is 9.10. The molecule has 0 aliphatic heterocycles. The average Bonchev–Trinajstić information content (AvgIpc) is 2.39. The van der Waals surface area contributed by atoms with Crippen molar-refractivity contribution in [3.8, 4) is 5.75 Å². The first-order valence-electron chi connectivity index (χ1n) is 5.36. The summed E-state index contributed by atoms with van der Waals surface area (Å²) in [5.74, 6) is 0.211. The molecule has 19 heavy (non-hydrogen) atoms. The molecule has 1 aromatic carbocycles. The van der Waals surface area contributed by atoms with E-state index in [-0.39, 0.29) is 5.91 Å². The summed E-state index contributed by atoms with van der Waals surface area (Å²) < 4.78 is 5.96. The number of nitrogens with zero attached hydrogens (tertiary/aromatic N) is 1. The predicted octanol–water partition coefficient (Wildman–Crippen LogP) is 3.76. The standard InChI is InChI=1S/C13H10BrClN2O2/c1-19-12-5-3-9(15)6-11(12)17-13(18)10-4-2-8(14)7-16-10/h2-7H,1H3,(H,17,18). The summed E-state index contributed by atoms with van der Waals surface area (Å²) in [6.07, 6.45) is 1.56. The molecule has 0 bridgehead atoms. The smallest absolute Gasteiger partial charge is 0.274 e. The van der Waals surface area contributed by atoms with Crippen molar-refractivity contribution in [2.45, 2.75) is 0 Å². The number of hydrogen-bond donors (Lipinski definition) is 1. The first kappa shape index (κ1) is 13.8. The number of ether oxygens (including phenoxy) is 1. The molecule has 98 valence electrons. The molecule has 1 heterocycles. The topological polar surface area (TPSA) is 51.2 Å². The zero-order valence-electron chi connectivity index (χ0n) is 9.98. The molecule has 0 saturated carbocycles. The molecule has 1 amide bonds. The van der Waals surface area contributed by atoms with Crippen LogP contribution in [0.4, 0.5) is 5.69 Å². The maximum atomic E-state index is 12.0. The quantitative estimate of drug-likeness (QED) is 0.925. The van der Waals surface area contributed by atoms with Crippen LogP contribution in [0.15, 0.2) is 41.0 Å². The molecule has 0 fully saturated rings. The molecular weight excluding hydrogens is 332 g/mol. The van der Waals surface area contributed by atoms with Gasteiger partial charge in [0.05, 0.1) is 12.8 Å². The van der Waals surface area contributed by atoms with Gasteiger partial charge >= 0.3 is 0 Å². The van der Waals surface area contributed by atoms with Gasteiger partial charge in [0, 0.05) is 15.7 Å². The molecule has 2 aromatic rings. The Kier molecular flexibility index (Phi) is 4.39. The van der Waals surface area contributed by atoms with Crippen LogP contribution in [0.3, 0.4) is 0 Å². The number of carbonyl (C=O) groups excluding carboxylic acids is 1. The van der Waals surface area contributed by atoms with E-state index >= 15 is 0 Å². The Morgan fingerprint density at radius 2 is 2.16 bits per heavy atom. The van der Waals surface area contributed by atoms with E-state index in [0.717, 1.165) is 4.47 Å². The minimum Gasteiger partial charge on any atom is -0.495 e. The van der Waals surface area contributed by atoms with Gasteiger partial charge in [-0.15, -0.1) is 0 Å². The average molecular weight is 342 g/mol. The van der Waals surface area contributed by atoms with Gasteiger partial charge in [-0.3, -0.25) is 4.79 Å². The van der Waals surface area contributed by atoms with Crippen molar-refractivity contribution in [2.75, 3.05) is 12.4 Å². The predicted molar refractivity (Wildman–Crippen MR) is 77.9 cm³/mol. The van der Waals surface area contributed by atoms with E-state index < -0.39 is 0 Å². The van der Waals surface area contributed by atoms with Gasteiger partial charge < -0.3 is 10.1 Å². The molecule has 0 atom stereocenters. The van der Waals surface area contributed by atoms with E-state index in [1.807, 2.05) is 0 Å². The summed E-state index contributed by atoms with van der Waals surface area (Å²) in [5, 5.41) is 3.23. The van der Waals surface area contributed by atoms with Crippen molar-refractivity contribution in [1.29, 1.82) is 0 Å². The fraction of sp³-hybridized carbons (Fsp3) is 0.0769. The van der Waals surface area contributed by atoms with Crippen LogP contribution < -0.4 is 10.1 Å². The second kappa shape index (κ2) is 6.04. The lowest BCUT2D eigenvalue weighted by Gasteiger charge is -2.10. The number of amides is 1. The van der Waals surface area contributed by atoms with Gasteiger partial charge in [0.25, 0.3) is 5.91 Å². The van der Waals surface area contributed by atoms with E-state index in [0.29, 0.717) is 22.2 Å². The van der Waals surface area contributed by atoms with Crippen molar-refractivity contribution < 1.29 is 9.53 Å². The Bertz CT molecular complexity index is 602. The Morgan fingerprint density at radius 1 is 1.37 bits per heavy atom. The Hall–Kier alpha value is -1.59. The summed E-state index contributed by atoms with van der Waals surface area (Å²) in [5.41, 5.74) is 0.815. The van der Waals surface area contributed by atoms with Gasteiger partial charge in [0.1, 0.15) is 11.4 Å². The second-order valence-electron chi connectivity index (χ2n) is 3.66. The summed E-state index contributed by atoms with van der Waals surface area (Å²) in [6.45, 7) is 0. The van der Waals surface area contributed by atoms with Gasteiger partial charge in [0.2, 0.25) is 0 Å². The SMILES string of the molecule is COc1ccc(Cl)cc1NC(=O)c1ccc(Br)cn1. The third kappa shape index (κ3) is 3.45. The number of halogens is 2. The van der Waals surface area contributed by atoms with E-state index in [9.17, 15) is 4.79 Å². The number of aromatic nitrogens is 1. The van der Waals surface area contributed by atoms with E-state index in [1.54, 1.807) is 36.5 Å². The van der Waals surface area contributed by atoms with Gasteiger partial charge in [0.15, 0.2) is 0 Å². The van der Waals surface area contributed by atoms with E-state index in [2.05, 4.69) is 26.2 Å². The number of benzene rings is 1. The largest absolute Gasteiger partial charge is 0.495 e. The highest BCUT2D eigenvalue weighted by atomic mass is 79.9. The monoisotopic (exact) mass is 340 g/mol. The molecule has 0 radical (unpaired) electrons. The number of anilines is 1. The highest BCUT2D eigenvalue weighted by Gasteiger charge is 2.11. The lowest BCUT2D eigenvalue weighted by Crippen LogP contribution is -2.14. The molecule has 0 unspecified atom stereocenters. The molecule has 1 N–H and O–H groups in total. The van der Waals surface area contributed by atoms with Crippen molar-refractivity contribution in [2.24, 2.45) is 0 Å². The lowest BCUT2D eigenvalue weighted by atomic mass is 10.2. The normalized spacial score (nSPS) is 10.1. The number of carbonyl (C=O) groups is 1. The molecule has 0 spiro atoms. The fourth-order valence-corrected chi connectivity index (χ4v) is 1.88. The van der Waals surface area contributed by atoms with Crippen LogP contribution in [0.2, 0.25) is 5.02 Å². The zero-order valence-corrected chi connectivity index (χ0v) is 12.3. The molecule has 6 heteroatoms. The van der Waals surface area contributed by atoms with Gasteiger partial charge in [-0.2, -0.15) is 0 Å². The molecule has 0 saturated heterocycles. The number of pyridine rings is 1. The van der Waals surface area contributed by atoms with E-state index in [4.69, 9.17) is 16.3 Å². The van der Waals surface area contributed by atoms with Gasteiger partial charge in [-0.05, 0) is 46.3 Å². The second-order valence-corrected chi connectivity index (χ2v) is 5.01.